The molecule has 6 heteroatoms. The number of rotatable bonds is 6. The van der Waals surface area contributed by atoms with Crippen LogP contribution in [0.5, 0.6) is 17.2 Å². The number of ether oxygens (including phenoxy) is 4. The lowest BCUT2D eigenvalue weighted by atomic mass is 10.1. The fourth-order valence-electron chi connectivity index (χ4n) is 2.79. The van der Waals surface area contributed by atoms with E-state index in [4.69, 9.17) is 23.4 Å². The van der Waals surface area contributed by atoms with Crippen molar-refractivity contribution in [2.75, 3.05) is 28.4 Å². The van der Waals surface area contributed by atoms with Crippen LogP contribution in [0, 0.1) is 0 Å². The van der Waals surface area contributed by atoms with E-state index in [1.54, 1.807) is 26.4 Å². The zero-order chi connectivity index (χ0) is 19.4. The Balaban J connectivity index is 1.96. The maximum absolute atomic E-state index is 11.9. The van der Waals surface area contributed by atoms with Crippen molar-refractivity contribution in [2.24, 2.45) is 0 Å². The molecule has 2 aromatic carbocycles. The molecule has 0 aliphatic carbocycles. The van der Waals surface area contributed by atoms with Gasteiger partial charge in [-0.2, -0.15) is 0 Å². The molecule has 0 aliphatic heterocycles. The van der Waals surface area contributed by atoms with E-state index in [9.17, 15) is 4.79 Å². The first-order valence-corrected chi connectivity index (χ1v) is 8.20. The summed E-state index contributed by atoms with van der Waals surface area (Å²) in [5.74, 6) is 1.81. The third-order valence-corrected chi connectivity index (χ3v) is 4.12. The average molecular weight is 368 g/mol. The van der Waals surface area contributed by atoms with Crippen LogP contribution in [0.2, 0.25) is 0 Å². The van der Waals surface area contributed by atoms with Crippen molar-refractivity contribution in [1.29, 1.82) is 0 Å². The monoisotopic (exact) mass is 368 g/mol. The number of furan rings is 1. The van der Waals surface area contributed by atoms with E-state index < -0.39 is 5.97 Å². The standard InChI is InChI=1S/C21H20O6/c1-23-17-10-6-13(11-18(17)24-2)5-8-15-12-14-7-9-16(21(22)26-4)20(25-3)19(14)27-15/h5-12H,1-4H3/b8-5+. The summed E-state index contributed by atoms with van der Waals surface area (Å²) in [6.07, 6.45) is 3.73. The molecule has 6 nitrogen and oxygen atoms in total. The van der Waals surface area contributed by atoms with Crippen LogP contribution < -0.4 is 14.2 Å². The number of carbonyl (C=O) groups is 1. The van der Waals surface area contributed by atoms with Crippen LogP contribution in [-0.4, -0.2) is 34.4 Å². The van der Waals surface area contributed by atoms with E-state index >= 15 is 0 Å². The number of benzene rings is 2. The van der Waals surface area contributed by atoms with Gasteiger partial charge < -0.3 is 23.4 Å². The maximum Gasteiger partial charge on any atom is 0.341 e. The van der Waals surface area contributed by atoms with Crippen molar-refractivity contribution in [1.82, 2.24) is 0 Å². The molecule has 3 aromatic rings. The van der Waals surface area contributed by atoms with Gasteiger partial charge in [-0.25, -0.2) is 4.79 Å². The molecule has 0 saturated carbocycles. The first kappa shape index (κ1) is 18.4. The lowest BCUT2D eigenvalue weighted by Crippen LogP contribution is -2.03. The van der Waals surface area contributed by atoms with Gasteiger partial charge in [0.1, 0.15) is 11.3 Å². The molecule has 0 bridgehead atoms. The summed E-state index contributed by atoms with van der Waals surface area (Å²) in [7, 11) is 6.00. The minimum atomic E-state index is -0.479. The fourth-order valence-corrected chi connectivity index (χ4v) is 2.79. The van der Waals surface area contributed by atoms with E-state index in [-0.39, 0.29) is 0 Å². The second-order valence-corrected chi connectivity index (χ2v) is 5.65. The second-order valence-electron chi connectivity index (χ2n) is 5.65. The lowest BCUT2D eigenvalue weighted by Gasteiger charge is -2.07. The summed E-state index contributed by atoms with van der Waals surface area (Å²) < 4.78 is 26.6. The van der Waals surface area contributed by atoms with Crippen LogP contribution in [0.1, 0.15) is 21.7 Å². The minimum Gasteiger partial charge on any atom is -0.493 e. The van der Waals surface area contributed by atoms with Gasteiger partial charge in [-0.05, 0) is 42.0 Å². The van der Waals surface area contributed by atoms with E-state index in [1.165, 1.54) is 14.2 Å². The van der Waals surface area contributed by atoms with Crippen molar-refractivity contribution in [3.8, 4) is 17.2 Å². The topological polar surface area (TPSA) is 67.1 Å². The molecule has 0 amide bonds. The van der Waals surface area contributed by atoms with Crippen LogP contribution in [0.3, 0.4) is 0 Å². The Hall–Kier alpha value is -3.41. The van der Waals surface area contributed by atoms with E-state index in [0.717, 1.165) is 10.9 Å². The highest BCUT2D eigenvalue weighted by atomic mass is 16.5. The number of methoxy groups -OCH3 is 4. The van der Waals surface area contributed by atoms with Gasteiger partial charge >= 0.3 is 5.97 Å². The van der Waals surface area contributed by atoms with Crippen LogP contribution in [0.4, 0.5) is 0 Å². The summed E-state index contributed by atoms with van der Waals surface area (Å²) in [6, 6.07) is 10.9. The molecular weight excluding hydrogens is 348 g/mol. The number of carbonyl (C=O) groups excluding carboxylic acids is 1. The van der Waals surface area contributed by atoms with Crippen molar-refractivity contribution in [3.63, 3.8) is 0 Å². The molecule has 1 heterocycles. The summed E-state index contributed by atoms with van der Waals surface area (Å²) in [6.45, 7) is 0. The van der Waals surface area contributed by atoms with Crippen molar-refractivity contribution >= 4 is 29.1 Å². The second kappa shape index (κ2) is 7.86. The van der Waals surface area contributed by atoms with E-state index in [2.05, 4.69) is 0 Å². The largest absolute Gasteiger partial charge is 0.493 e. The van der Waals surface area contributed by atoms with Crippen LogP contribution in [0.25, 0.3) is 23.1 Å². The highest BCUT2D eigenvalue weighted by Gasteiger charge is 2.18. The maximum atomic E-state index is 11.9. The molecule has 0 radical (unpaired) electrons. The summed E-state index contributed by atoms with van der Waals surface area (Å²) in [5.41, 5.74) is 1.74. The molecule has 1 aromatic heterocycles. The third kappa shape index (κ3) is 3.60. The molecule has 0 saturated heterocycles. The number of esters is 1. The Kier molecular flexibility index (Phi) is 5.35. The Labute approximate surface area is 156 Å². The summed E-state index contributed by atoms with van der Waals surface area (Å²) >= 11 is 0. The predicted octanol–water partition coefficient (Wildman–Crippen LogP) is 4.42. The zero-order valence-electron chi connectivity index (χ0n) is 15.6. The first-order chi connectivity index (χ1) is 13.1. The number of hydrogen-bond acceptors (Lipinski definition) is 6. The molecule has 140 valence electrons. The normalized spacial score (nSPS) is 11.0. The summed E-state index contributed by atoms with van der Waals surface area (Å²) in [5, 5.41) is 0.825. The smallest absolute Gasteiger partial charge is 0.341 e. The van der Waals surface area contributed by atoms with Gasteiger partial charge in [0.25, 0.3) is 0 Å². The zero-order valence-corrected chi connectivity index (χ0v) is 15.6. The van der Waals surface area contributed by atoms with Crippen LogP contribution in [-0.2, 0) is 4.74 Å². The Morgan fingerprint density at radius 3 is 2.33 bits per heavy atom. The highest BCUT2D eigenvalue weighted by Crippen LogP contribution is 2.33. The molecule has 0 spiro atoms. The predicted molar refractivity (Wildman–Crippen MR) is 103 cm³/mol. The van der Waals surface area contributed by atoms with Crippen molar-refractivity contribution < 1.29 is 28.2 Å². The highest BCUT2D eigenvalue weighted by molar-refractivity contribution is 6.00. The van der Waals surface area contributed by atoms with E-state index in [1.807, 2.05) is 36.4 Å². The van der Waals surface area contributed by atoms with Crippen LogP contribution >= 0.6 is 0 Å². The van der Waals surface area contributed by atoms with Gasteiger partial charge in [-0.1, -0.05) is 12.1 Å². The van der Waals surface area contributed by atoms with Gasteiger partial charge in [-0.15, -0.1) is 0 Å². The summed E-state index contributed by atoms with van der Waals surface area (Å²) in [4.78, 5) is 11.9. The molecule has 0 fully saturated rings. The molecule has 27 heavy (non-hydrogen) atoms. The molecule has 0 N–H and O–H groups in total. The van der Waals surface area contributed by atoms with E-state index in [0.29, 0.717) is 34.2 Å². The molecule has 0 aliphatic rings. The number of fused-ring (bicyclic) bond motifs is 1. The van der Waals surface area contributed by atoms with Crippen LogP contribution in [0.15, 0.2) is 40.8 Å². The SMILES string of the molecule is COC(=O)c1ccc2cc(/C=C/c3ccc(OC)c(OC)c3)oc2c1OC. The molecule has 3 rings (SSSR count). The van der Waals surface area contributed by atoms with Crippen molar-refractivity contribution in [3.05, 3.63) is 53.3 Å². The Bertz CT molecular complexity index is 999. The van der Waals surface area contributed by atoms with Crippen molar-refractivity contribution in [2.45, 2.75) is 0 Å². The third-order valence-electron chi connectivity index (χ3n) is 4.12. The average Bonchev–Trinajstić information content (AvgIpc) is 3.13. The van der Waals surface area contributed by atoms with Gasteiger partial charge in [0.05, 0.1) is 28.4 Å². The quantitative estimate of drug-likeness (QED) is 0.600. The Morgan fingerprint density at radius 2 is 1.67 bits per heavy atom. The molecular formula is C21H20O6. The molecule has 0 atom stereocenters. The molecule has 0 unspecified atom stereocenters. The first-order valence-electron chi connectivity index (χ1n) is 8.20. The lowest BCUT2D eigenvalue weighted by molar-refractivity contribution is 0.0597. The van der Waals surface area contributed by atoms with Gasteiger partial charge in [0.15, 0.2) is 22.8 Å². The number of hydrogen-bond donors (Lipinski definition) is 0. The fraction of sp³-hybridized carbons (Fsp3) is 0.190. The Morgan fingerprint density at radius 1 is 0.889 bits per heavy atom. The van der Waals surface area contributed by atoms with Gasteiger partial charge in [0, 0.05) is 5.39 Å². The van der Waals surface area contributed by atoms with Gasteiger partial charge in [0.2, 0.25) is 0 Å². The van der Waals surface area contributed by atoms with Gasteiger partial charge in [-0.3, -0.25) is 0 Å². The minimum absolute atomic E-state index is 0.317.